The van der Waals surface area contributed by atoms with Crippen molar-refractivity contribution in [3.63, 3.8) is 0 Å². The third-order valence-electron chi connectivity index (χ3n) is 3.97. The topological polar surface area (TPSA) is 66.5 Å². The molecule has 3 rings (SSSR count). The zero-order valence-electron chi connectivity index (χ0n) is 13.3. The summed E-state index contributed by atoms with van der Waals surface area (Å²) in [5.74, 6) is -0.875. The molecule has 1 atom stereocenters. The summed E-state index contributed by atoms with van der Waals surface area (Å²) in [5.41, 5.74) is 1.87. The maximum atomic E-state index is 13.7. The summed E-state index contributed by atoms with van der Waals surface area (Å²) in [6.45, 7) is 2.47. The second kappa shape index (κ2) is 5.90. The maximum Gasteiger partial charge on any atom is 0.260 e. The number of para-hydroxylation sites is 1. The molecular formula is C17H17FN2O3S. The predicted octanol–water partition coefficient (Wildman–Crippen LogP) is 2.96. The monoisotopic (exact) mass is 348 g/mol. The van der Waals surface area contributed by atoms with Crippen LogP contribution in [0.2, 0.25) is 0 Å². The van der Waals surface area contributed by atoms with Gasteiger partial charge in [0, 0.05) is 18.2 Å². The number of nitrogens with one attached hydrogen (secondary N) is 1. The number of hydrogen-bond acceptors (Lipinski definition) is 3. The lowest BCUT2D eigenvalue weighted by Gasteiger charge is -2.20. The summed E-state index contributed by atoms with van der Waals surface area (Å²) >= 11 is 0. The Morgan fingerprint density at radius 3 is 2.67 bits per heavy atom. The Morgan fingerprint density at radius 1 is 1.25 bits per heavy atom. The highest BCUT2D eigenvalue weighted by Gasteiger charge is 2.31. The second-order valence-corrected chi connectivity index (χ2v) is 7.69. The van der Waals surface area contributed by atoms with Crippen molar-refractivity contribution in [2.75, 3.05) is 22.4 Å². The van der Waals surface area contributed by atoms with Crippen molar-refractivity contribution < 1.29 is 17.6 Å². The van der Waals surface area contributed by atoms with Gasteiger partial charge in [0.2, 0.25) is 10.0 Å². The van der Waals surface area contributed by atoms with Crippen molar-refractivity contribution in [3.05, 3.63) is 59.4 Å². The van der Waals surface area contributed by atoms with E-state index >= 15 is 0 Å². The van der Waals surface area contributed by atoms with Gasteiger partial charge in [-0.15, -0.1) is 0 Å². The maximum absolute atomic E-state index is 13.7. The Bertz CT molecular complexity index is 912. The summed E-state index contributed by atoms with van der Waals surface area (Å²) in [6, 6.07) is 11.0. The number of amides is 1. The molecule has 1 aliphatic heterocycles. The molecule has 0 fully saturated rings. The first-order valence-corrected chi connectivity index (χ1v) is 9.33. The first kappa shape index (κ1) is 16.4. The minimum atomic E-state index is -3.58. The lowest BCUT2D eigenvalue weighted by atomic mass is 10.0. The van der Waals surface area contributed by atoms with Gasteiger partial charge in [-0.2, -0.15) is 0 Å². The molecule has 5 nitrogen and oxygen atoms in total. The average Bonchev–Trinajstić information content (AvgIpc) is 2.85. The van der Waals surface area contributed by atoms with Gasteiger partial charge in [0.1, 0.15) is 5.82 Å². The van der Waals surface area contributed by atoms with Crippen LogP contribution in [-0.2, 0) is 10.0 Å². The number of carbonyl (C=O) groups is 1. The van der Waals surface area contributed by atoms with Crippen molar-refractivity contribution in [2.24, 2.45) is 0 Å². The fraction of sp³-hybridized carbons (Fsp3) is 0.235. The molecule has 0 aromatic heterocycles. The molecule has 126 valence electrons. The number of sulfonamides is 1. The molecular weight excluding hydrogens is 331 g/mol. The van der Waals surface area contributed by atoms with Crippen LogP contribution in [0.5, 0.6) is 0 Å². The van der Waals surface area contributed by atoms with E-state index in [9.17, 15) is 17.6 Å². The van der Waals surface area contributed by atoms with E-state index in [1.54, 1.807) is 4.90 Å². The molecule has 7 heteroatoms. The quantitative estimate of drug-likeness (QED) is 0.927. The molecule has 2 aromatic rings. The van der Waals surface area contributed by atoms with Gasteiger partial charge in [-0.05, 0) is 29.8 Å². The van der Waals surface area contributed by atoms with Crippen LogP contribution in [0.25, 0.3) is 0 Å². The van der Waals surface area contributed by atoms with Gasteiger partial charge in [-0.1, -0.05) is 25.1 Å². The molecule has 0 bridgehead atoms. The molecule has 1 heterocycles. The Balaban J connectivity index is 2.04. The molecule has 24 heavy (non-hydrogen) atoms. The molecule has 0 radical (unpaired) electrons. The van der Waals surface area contributed by atoms with E-state index < -0.39 is 21.7 Å². The number of benzene rings is 2. The van der Waals surface area contributed by atoms with Crippen LogP contribution in [0.4, 0.5) is 15.8 Å². The lowest BCUT2D eigenvalue weighted by molar-refractivity contribution is 0.0989. The third kappa shape index (κ3) is 3.12. The third-order valence-corrected chi connectivity index (χ3v) is 4.56. The first-order valence-electron chi connectivity index (χ1n) is 7.44. The molecule has 0 saturated carbocycles. The van der Waals surface area contributed by atoms with Crippen LogP contribution >= 0.6 is 0 Å². The van der Waals surface area contributed by atoms with Gasteiger partial charge in [0.25, 0.3) is 5.91 Å². The number of halogens is 1. The SMILES string of the molecule is CC1CN(C(=O)c2cc(F)ccc2NS(C)(=O)=O)c2ccccc21. The zero-order valence-corrected chi connectivity index (χ0v) is 14.1. The number of anilines is 2. The van der Waals surface area contributed by atoms with Crippen LogP contribution in [-0.4, -0.2) is 27.1 Å². The van der Waals surface area contributed by atoms with E-state index in [2.05, 4.69) is 4.72 Å². The van der Waals surface area contributed by atoms with Crippen molar-refractivity contribution >= 4 is 27.3 Å². The average molecular weight is 348 g/mol. The van der Waals surface area contributed by atoms with E-state index in [-0.39, 0.29) is 17.2 Å². The summed E-state index contributed by atoms with van der Waals surface area (Å²) in [5, 5.41) is 0. The van der Waals surface area contributed by atoms with E-state index in [1.807, 2.05) is 31.2 Å². The standard InChI is InChI=1S/C17H17FN2O3S/c1-11-10-20(16-6-4-3-5-13(11)16)17(21)14-9-12(18)7-8-15(14)19-24(2,22)23/h3-9,11,19H,10H2,1-2H3. The smallest absolute Gasteiger partial charge is 0.260 e. The number of nitrogens with zero attached hydrogens (tertiary/aromatic N) is 1. The Kier molecular flexibility index (Phi) is 4.04. The summed E-state index contributed by atoms with van der Waals surface area (Å²) in [6.07, 6.45) is 0.984. The molecule has 0 aliphatic carbocycles. The van der Waals surface area contributed by atoms with Gasteiger partial charge >= 0.3 is 0 Å². The van der Waals surface area contributed by atoms with Gasteiger partial charge in [-0.3, -0.25) is 9.52 Å². The van der Waals surface area contributed by atoms with E-state index in [0.717, 1.165) is 29.6 Å². The largest absolute Gasteiger partial charge is 0.307 e. The first-order chi connectivity index (χ1) is 11.3. The summed E-state index contributed by atoms with van der Waals surface area (Å²) < 4.78 is 38.9. The van der Waals surface area contributed by atoms with E-state index in [4.69, 9.17) is 0 Å². The van der Waals surface area contributed by atoms with E-state index in [1.165, 1.54) is 6.07 Å². The number of fused-ring (bicyclic) bond motifs is 1. The highest BCUT2D eigenvalue weighted by Crippen LogP contribution is 2.37. The Morgan fingerprint density at radius 2 is 1.96 bits per heavy atom. The minimum absolute atomic E-state index is 0.00988. The molecule has 1 amide bonds. The fourth-order valence-corrected chi connectivity index (χ4v) is 3.52. The second-order valence-electron chi connectivity index (χ2n) is 5.94. The van der Waals surface area contributed by atoms with Crippen molar-refractivity contribution in [1.29, 1.82) is 0 Å². The van der Waals surface area contributed by atoms with Crippen LogP contribution in [0.3, 0.4) is 0 Å². The van der Waals surface area contributed by atoms with E-state index in [0.29, 0.717) is 6.54 Å². The summed E-state index contributed by atoms with van der Waals surface area (Å²) in [7, 11) is -3.58. The van der Waals surface area contributed by atoms with Gasteiger partial charge < -0.3 is 4.90 Å². The predicted molar refractivity (Wildman–Crippen MR) is 91.4 cm³/mol. The van der Waals surface area contributed by atoms with Gasteiger partial charge in [-0.25, -0.2) is 12.8 Å². The molecule has 0 spiro atoms. The Labute approximate surface area is 140 Å². The molecule has 2 aromatic carbocycles. The normalized spacial score (nSPS) is 16.8. The molecule has 1 aliphatic rings. The highest BCUT2D eigenvalue weighted by molar-refractivity contribution is 7.92. The Hall–Kier alpha value is -2.41. The molecule has 0 saturated heterocycles. The molecule has 1 unspecified atom stereocenters. The summed E-state index contributed by atoms with van der Waals surface area (Å²) in [4.78, 5) is 14.5. The van der Waals surface area contributed by atoms with Crippen LogP contribution < -0.4 is 9.62 Å². The van der Waals surface area contributed by atoms with Crippen LogP contribution in [0.1, 0.15) is 28.8 Å². The number of rotatable bonds is 3. The zero-order chi connectivity index (χ0) is 17.5. The number of hydrogen-bond donors (Lipinski definition) is 1. The lowest BCUT2D eigenvalue weighted by Crippen LogP contribution is -2.30. The van der Waals surface area contributed by atoms with Crippen LogP contribution in [0, 0.1) is 5.82 Å². The minimum Gasteiger partial charge on any atom is -0.307 e. The van der Waals surface area contributed by atoms with Gasteiger partial charge in [0.05, 0.1) is 17.5 Å². The van der Waals surface area contributed by atoms with Gasteiger partial charge in [0.15, 0.2) is 0 Å². The van der Waals surface area contributed by atoms with Crippen LogP contribution in [0.15, 0.2) is 42.5 Å². The number of carbonyl (C=O) groups excluding carboxylic acids is 1. The van der Waals surface area contributed by atoms with Crippen molar-refractivity contribution in [1.82, 2.24) is 0 Å². The van der Waals surface area contributed by atoms with Crippen molar-refractivity contribution in [3.8, 4) is 0 Å². The van der Waals surface area contributed by atoms with Crippen molar-refractivity contribution in [2.45, 2.75) is 12.8 Å². The highest BCUT2D eigenvalue weighted by atomic mass is 32.2. The fourth-order valence-electron chi connectivity index (χ4n) is 2.94. The molecule has 1 N–H and O–H groups in total.